The van der Waals surface area contributed by atoms with E-state index in [4.69, 9.17) is 75.8 Å². The summed E-state index contributed by atoms with van der Waals surface area (Å²) in [7, 11) is -3.70. The average molecular weight is 1450 g/mol. The van der Waals surface area contributed by atoms with Crippen LogP contribution in [0, 0.1) is 0 Å². The first kappa shape index (κ1) is 76.2. The Kier molecular flexibility index (Phi) is 28.5. The zero-order chi connectivity index (χ0) is 72.1. The molecule has 7 heterocycles. The predicted molar refractivity (Wildman–Crippen MR) is 385 cm³/mol. The number of primary amides is 1. The number of benzene rings is 6. The molecule has 526 valence electrons. The highest BCUT2D eigenvalue weighted by Crippen LogP contribution is 2.35. The molecular weight excluding hydrogens is 1380 g/mol. The number of nitrogens with one attached hydrogen (secondary N) is 2. The highest BCUT2D eigenvalue weighted by Gasteiger charge is 2.22. The van der Waals surface area contributed by atoms with Gasteiger partial charge in [0.25, 0.3) is 0 Å². The zero-order valence-corrected chi connectivity index (χ0v) is 56.0. The first-order valence-corrected chi connectivity index (χ1v) is 31.5. The number of nitrogens with zero attached hydrogens (tertiary/aromatic N) is 13. The van der Waals surface area contributed by atoms with Gasteiger partial charge in [0, 0.05) is 89.6 Å². The quantitative estimate of drug-likeness (QED) is 0.0405. The summed E-state index contributed by atoms with van der Waals surface area (Å²) in [5, 5.41) is 11.8. The molecule has 36 heteroatoms. The molecule has 0 radical (unpaired) electrons. The molecule has 0 bridgehead atoms. The van der Waals surface area contributed by atoms with Gasteiger partial charge < -0.3 is 79.4 Å². The lowest BCUT2D eigenvalue weighted by Crippen LogP contribution is -2.15. The van der Waals surface area contributed by atoms with Crippen molar-refractivity contribution in [3.05, 3.63) is 235 Å². The number of anilines is 12. The van der Waals surface area contributed by atoms with Crippen molar-refractivity contribution < 1.29 is 45.7 Å². The number of rotatable bonds is 17. The fourth-order valence-electron chi connectivity index (χ4n) is 8.30. The number of hydrogen-bond donors (Lipinski definition) is 10. The van der Waals surface area contributed by atoms with E-state index in [0.717, 1.165) is 46.7 Å². The molecule has 0 spiro atoms. The highest BCUT2D eigenvalue weighted by molar-refractivity contribution is 7.89. The minimum Gasteiger partial charge on any atom is -0.494 e. The fourth-order valence-corrected chi connectivity index (χ4v) is 9.01. The van der Waals surface area contributed by atoms with Gasteiger partial charge in [0.2, 0.25) is 69.3 Å². The molecule has 0 aliphatic carbocycles. The minimum atomic E-state index is -3.70. The van der Waals surface area contributed by atoms with E-state index in [2.05, 4.69) is 80.1 Å². The van der Waals surface area contributed by atoms with Crippen molar-refractivity contribution in [3.63, 3.8) is 0 Å². The van der Waals surface area contributed by atoms with Crippen LogP contribution in [-0.2, 0) is 16.4 Å². The van der Waals surface area contributed by atoms with Gasteiger partial charge in [-0.25, -0.2) is 43.5 Å². The monoisotopic (exact) mass is 1450 g/mol. The van der Waals surface area contributed by atoms with Crippen LogP contribution in [0.4, 0.5) is 79.0 Å². The second-order valence-corrected chi connectivity index (χ2v) is 21.9. The first-order chi connectivity index (χ1) is 48.6. The maximum absolute atomic E-state index is 11.9. The number of para-hydroxylation sites is 1. The molecule has 1 aliphatic heterocycles. The molecule has 12 aromatic rings. The van der Waals surface area contributed by atoms with Crippen molar-refractivity contribution in [1.29, 1.82) is 0 Å². The van der Waals surface area contributed by atoms with Crippen LogP contribution >= 0.6 is 24.0 Å². The third kappa shape index (κ3) is 25.7. The number of nitrogen functional groups attached to an aromatic ring is 6. The molecule has 6 aromatic carbocycles. The van der Waals surface area contributed by atoms with Crippen LogP contribution in [0.2, 0.25) is 5.02 Å². The third-order valence-electron chi connectivity index (χ3n) is 12.7. The standard InChI is InChI=1S/C12H11ClN4.C12H14N4O.C11H10F2N4O.C11H10N4O2.C10H10N4O3S.C10H9N3O.ClH/c13-9-1-2-10-8(7-9)4-6-17(10)11-3-5-15-12(14)16-11;1-2-17-10-5-3-9(4-6-10)15-11-7-8-14-12(13)16-11;12-10(13)18-8-3-1-7(2-4-8)16-9-5-6-15-11(14)17-9;12-10(16)7-1-3-8(4-2-7)17-9-5-6-14-11(13)15-9;11-10-13-6-5-9(14-10)17-7-1-3-8(4-2-7)18(12,15)16;11-10-12-7-6-9(13-10)14-8-4-2-1-3-5-8;/h1-3,5,7H,4,6H2,(H2,14,15,16);3-8H,2H2,1H3,(H3,13,14,15,16);1-6,10H,(H3,14,15,16,17);1-6H,(H2,12,16)(H2,13,14,15);1-6H,(H2,11,13,14)(H2,12,15,16);1-7H,(H2,11,12,13);1H. The molecule has 0 unspecified atom stereocenters. The summed E-state index contributed by atoms with van der Waals surface area (Å²) in [6.07, 6.45) is 10.3. The second-order valence-electron chi connectivity index (χ2n) is 19.9. The van der Waals surface area contributed by atoms with Crippen LogP contribution in [0.3, 0.4) is 0 Å². The van der Waals surface area contributed by atoms with Crippen molar-refractivity contribution in [3.8, 4) is 46.4 Å². The Hall–Kier alpha value is -13.2. The molecule has 0 atom stereocenters. The lowest BCUT2D eigenvalue weighted by Gasteiger charge is -2.18. The number of sulfonamides is 1. The fraction of sp³-hybridized carbons (Fsp3) is 0.0758. The second kappa shape index (κ2) is 38.1. The van der Waals surface area contributed by atoms with Crippen LogP contribution in [0.5, 0.6) is 46.4 Å². The van der Waals surface area contributed by atoms with Gasteiger partial charge in [0.1, 0.15) is 46.2 Å². The number of carbonyl (C=O) groups is 1. The van der Waals surface area contributed by atoms with Gasteiger partial charge in [-0.05, 0) is 165 Å². The van der Waals surface area contributed by atoms with Crippen molar-refractivity contribution in [2.75, 3.05) is 63.1 Å². The lowest BCUT2D eigenvalue weighted by molar-refractivity contribution is -0.0498. The molecule has 13 rings (SSSR count). The summed E-state index contributed by atoms with van der Waals surface area (Å²) in [4.78, 5) is 59.6. The number of nitrogens with two attached hydrogens (primary N) is 8. The van der Waals surface area contributed by atoms with Crippen molar-refractivity contribution in [2.24, 2.45) is 10.9 Å². The number of fused-ring (bicyclic) bond motifs is 1. The van der Waals surface area contributed by atoms with Crippen LogP contribution < -0.4 is 84.5 Å². The number of primary sulfonamides is 1. The summed E-state index contributed by atoms with van der Waals surface area (Å²) in [6, 6.07) is 51.0. The van der Waals surface area contributed by atoms with Crippen LogP contribution in [-0.4, -0.2) is 93.9 Å². The topological polar surface area (TPSA) is 487 Å². The molecule has 31 nitrogen and oxygen atoms in total. The Morgan fingerprint density at radius 1 is 0.520 bits per heavy atom. The van der Waals surface area contributed by atoms with Crippen LogP contribution in [0.25, 0.3) is 0 Å². The van der Waals surface area contributed by atoms with E-state index in [-0.39, 0.29) is 58.7 Å². The molecule has 18 N–H and O–H groups in total. The van der Waals surface area contributed by atoms with Gasteiger partial charge in [-0.3, -0.25) is 4.79 Å². The van der Waals surface area contributed by atoms with E-state index in [1.165, 1.54) is 66.6 Å². The molecule has 102 heavy (non-hydrogen) atoms. The van der Waals surface area contributed by atoms with Crippen molar-refractivity contribution in [2.45, 2.75) is 24.9 Å². The molecule has 0 saturated heterocycles. The maximum Gasteiger partial charge on any atom is 0.387 e. The van der Waals surface area contributed by atoms with E-state index >= 15 is 0 Å². The highest BCUT2D eigenvalue weighted by atomic mass is 35.5. The SMILES string of the molecule is CCOc1ccc(Nc2ccnc(N)n2)cc1.Cl.NC(=O)c1ccc(Oc2ccnc(N)n2)cc1.Nc1nccc(N2CCc3cc(Cl)ccc32)n1.Nc1nccc(Nc2ccc(OC(F)F)cc2)n1.Nc1nccc(Oc2ccc(S(N)(=O)=O)cc2)n1.Nc1nccc(Oc2ccccc2)n1. The molecule has 1 aliphatic rings. The van der Waals surface area contributed by atoms with E-state index in [0.29, 0.717) is 58.7 Å². The molecule has 6 aromatic heterocycles. The number of amides is 1. The predicted octanol–water partition coefficient (Wildman–Crippen LogP) is 10.7. The largest absolute Gasteiger partial charge is 0.494 e. The van der Waals surface area contributed by atoms with Gasteiger partial charge in [-0.15, -0.1) is 12.4 Å². The van der Waals surface area contributed by atoms with Gasteiger partial charge in [0.05, 0.1) is 11.5 Å². The average Bonchev–Trinajstić information content (AvgIpc) is 1.65. The van der Waals surface area contributed by atoms with Crippen LogP contribution in [0.1, 0.15) is 22.8 Å². The number of aromatic nitrogens is 12. The maximum atomic E-state index is 11.9. The lowest BCUT2D eigenvalue weighted by atomic mass is 10.2. The Bertz CT molecular complexity index is 4740. The van der Waals surface area contributed by atoms with Crippen molar-refractivity contribution >= 4 is 110 Å². The Morgan fingerprint density at radius 3 is 1.35 bits per heavy atom. The number of ether oxygens (including phenoxy) is 5. The normalized spacial score (nSPS) is 10.7. The van der Waals surface area contributed by atoms with E-state index in [1.54, 1.807) is 79.3 Å². The summed E-state index contributed by atoms with van der Waals surface area (Å²) >= 11 is 5.98. The van der Waals surface area contributed by atoms with Crippen LogP contribution in [0.15, 0.2) is 224 Å². The summed E-state index contributed by atoms with van der Waals surface area (Å²) in [6.45, 7) is 0.683. The number of hydrogen-bond acceptors (Lipinski definition) is 29. The molecule has 0 saturated carbocycles. The smallest absolute Gasteiger partial charge is 0.387 e. The van der Waals surface area contributed by atoms with Crippen molar-refractivity contribution in [1.82, 2.24) is 59.8 Å². The molecule has 0 fully saturated rings. The third-order valence-corrected chi connectivity index (χ3v) is 13.8. The first-order valence-electron chi connectivity index (χ1n) is 29.6. The Morgan fingerprint density at radius 2 is 0.931 bits per heavy atom. The Balaban J connectivity index is 0.000000171. The van der Waals surface area contributed by atoms with E-state index < -0.39 is 22.5 Å². The number of halogens is 4. The minimum absolute atomic E-state index is 0. The van der Waals surface area contributed by atoms with E-state index in [9.17, 15) is 22.0 Å². The van der Waals surface area contributed by atoms with Gasteiger partial charge >= 0.3 is 6.61 Å². The molecular formula is C66H65Cl2F2N23O8S. The van der Waals surface area contributed by atoms with Gasteiger partial charge in [-0.2, -0.15) is 38.7 Å². The van der Waals surface area contributed by atoms with Gasteiger partial charge in [-0.1, -0.05) is 29.8 Å². The number of carbonyl (C=O) groups excluding carboxylic acids is 1. The number of alkyl halides is 2. The van der Waals surface area contributed by atoms with Gasteiger partial charge in [0.15, 0.2) is 0 Å². The summed E-state index contributed by atoms with van der Waals surface area (Å²) in [5.41, 5.74) is 42.3. The summed E-state index contributed by atoms with van der Waals surface area (Å²) < 4.78 is 71.8. The molecule has 1 amide bonds. The van der Waals surface area contributed by atoms with E-state index in [1.807, 2.05) is 85.8 Å². The summed E-state index contributed by atoms with van der Waals surface area (Å²) in [5.74, 6) is 6.34. The Labute approximate surface area is 593 Å². The zero-order valence-electron chi connectivity index (χ0n) is 53.6.